The van der Waals surface area contributed by atoms with Crippen LogP contribution in [0.3, 0.4) is 0 Å². The van der Waals surface area contributed by atoms with Crippen LogP contribution in [0, 0.1) is 5.41 Å². The van der Waals surface area contributed by atoms with E-state index >= 15 is 0 Å². The number of allylic oxidation sites excluding steroid dienone is 5. The van der Waals surface area contributed by atoms with Gasteiger partial charge in [-0.2, -0.15) is 0 Å². The monoisotopic (exact) mass is 451 g/mol. The van der Waals surface area contributed by atoms with Gasteiger partial charge in [-0.25, -0.2) is 0 Å². The molecule has 4 rings (SSSR count). The number of carbonyl (C=O) groups excluding carboxylic acids is 1. The van der Waals surface area contributed by atoms with Gasteiger partial charge in [0, 0.05) is 42.4 Å². The maximum atomic E-state index is 11.8. The number of halogens is 1. The zero-order valence-electron chi connectivity index (χ0n) is 16.8. The number of benzene rings is 2. The molecular weight excluding hydrogens is 430 g/mol. The summed E-state index contributed by atoms with van der Waals surface area (Å²) in [5.74, 6) is 0.0704. The number of hydrogen-bond acceptors (Lipinski definition) is 5. The van der Waals surface area contributed by atoms with Crippen molar-refractivity contribution in [2.45, 2.75) is 0 Å². The van der Waals surface area contributed by atoms with Crippen molar-refractivity contribution in [2.24, 2.45) is 0 Å². The van der Waals surface area contributed by atoms with E-state index in [1.54, 1.807) is 29.2 Å². The predicted molar refractivity (Wildman–Crippen MR) is 130 cm³/mol. The first-order chi connectivity index (χ1) is 14.9. The first-order valence-corrected chi connectivity index (χ1v) is 10.7. The topological polar surface area (TPSA) is 67.6 Å². The van der Waals surface area contributed by atoms with Crippen LogP contribution in [0.2, 0.25) is 0 Å². The Hall–Kier alpha value is -2.96. The van der Waals surface area contributed by atoms with Crippen LogP contribution >= 0.6 is 24.2 Å². The van der Waals surface area contributed by atoms with Gasteiger partial charge in [0.1, 0.15) is 5.75 Å². The Morgan fingerprint density at radius 2 is 1.81 bits per heavy atom. The molecule has 1 aliphatic carbocycles. The summed E-state index contributed by atoms with van der Waals surface area (Å²) in [6, 6.07) is 11.1. The average molecular weight is 452 g/mol. The molecule has 0 unspecified atom stereocenters. The van der Waals surface area contributed by atoms with E-state index in [1.165, 1.54) is 6.08 Å². The largest absolute Gasteiger partial charge is 0.508 e. The van der Waals surface area contributed by atoms with Crippen LogP contribution in [0.1, 0.15) is 5.56 Å². The number of aromatic hydroxyl groups is 1. The summed E-state index contributed by atoms with van der Waals surface area (Å²) in [5, 5.41) is 21.8. The maximum Gasteiger partial charge on any atom is 0.246 e. The SMILES string of the molecule is C=CC(=O)N1CCN(/C(S)=C2\C=C(Cl)C(c3cc(O)cc4ccccc34)=CC2=N)CC1. The standard InChI is InChI=1S/C24H22ClN3O2S/c1-2-23(30)27-7-9-28(10-8-27)24(31)20-13-21(25)19(14-22(20)26)18-12-16(29)11-15-5-3-4-6-17(15)18/h2-6,11-14,26,29,31H,1,7-10H2/b24-20-,26-22?. The zero-order valence-corrected chi connectivity index (χ0v) is 18.5. The molecule has 0 spiro atoms. The lowest BCUT2D eigenvalue weighted by Crippen LogP contribution is -2.47. The molecule has 1 aliphatic heterocycles. The van der Waals surface area contributed by atoms with Gasteiger partial charge < -0.3 is 20.3 Å². The van der Waals surface area contributed by atoms with Gasteiger partial charge in [0.15, 0.2) is 0 Å². The van der Waals surface area contributed by atoms with E-state index in [2.05, 4.69) is 19.2 Å². The average Bonchev–Trinajstić information content (AvgIpc) is 2.78. The molecule has 0 bridgehead atoms. The van der Waals surface area contributed by atoms with Crippen LogP contribution in [0.4, 0.5) is 0 Å². The maximum absolute atomic E-state index is 11.8. The smallest absolute Gasteiger partial charge is 0.246 e. The minimum atomic E-state index is -0.0766. The second-order valence-corrected chi connectivity index (χ2v) is 8.26. The van der Waals surface area contributed by atoms with E-state index in [-0.39, 0.29) is 11.7 Å². The highest BCUT2D eigenvalue weighted by atomic mass is 35.5. The molecule has 7 heteroatoms. The molecule has 2 N–H and O–H groups in total. The lowest BCUT2D eigenvalue weighted by atomic mass is 9.91. The summed E-state index contributed by atoms with van der Waals surface area (Å²) in [6.45, 7) is 5.92. The quantitative estimate of drug-likeness (QED) is 0.473. The molecule has 31 heavy (non-hydrogen) atoms. The van der Waals surface area contributed by atoms with Gasteiger partial charge in [-0.3, -0.25) is 4.79 Å². The van der Waals surface area contributed by atoms with Crippen LogP contribution in [0.25, 0.3) is 16.3 Å². The van der Waals surface area contributed by atoms with Crippen LogP contribution < -0.4 is 0 Å². The Balaban J connectivity index is 1.65. The summed E-state index contributed by atoms with van der Waals surface area (Å²) in [7, 11) is 0. The van der Waals surface area contributed by atoms with Crippen molar-refractivity contribution in [3.63, 3.8) is 0 Å². The van der Waals surface area contributed by atoms with Gasteiger partial charge in [-0.1, -0.05) is 42.4 Å². The molecule has 0 aromatic heterocycles. The lowest BCUT2D eigenvalue weighted by Gasteiger charge is -2.36. The fourth-order valence-electron chi connectivity index (χ4n) is 3.92. The van der Waals surface area contributed by atoms with Crippen molar-refractivity contribution in [2.75, 3.05) is 26.2 Å². The fraction of sp³-hybridized carbons (Fsp3) is 0.167. The number of nitrogens with one attached hydrogen (secondary N) is 1. The van der Waals surface area contributed by atoms with E-state index < -0.39 is 0 Å². The molecule has 0 atom stereocenters. The number of thiol groups is 1. The summed E-state index contributed by atoms with van der Waals surface area (Å²) in [5.41, 5.74) is 2.38. The second kappa shape index (κ2) is 8.65. The molecular formula is C24H22ClN3O2S. The molecule has 1 heterocycles. The highest BCUT2D eigenvalue weighted by Crippen LogP contribution is 2.38. The number of fused-ring (bicyclic) bond motifs is 1. The molecule has 0 saturated carbocycles. The lowest BCUT2D eigenvalue weighted by molar-refractivity contribution is -0.127. The van der Waals surface area contributed by atoms with Crippen molar-refractivity contribution in [1.82, 2.24) is 9.80 Å². The number of phenolic OH excluding ortho intramolecular Hbond substituents is 1. The summed E-state index contributed by atoms with van der Waals surface area (Å²) < 4.78 is 0. The molecule has 158 valence electrons. The Labute approximate surface area is 191 Å². The molecule has 2 aromatic carbocycles. The van der Waals surface area contributed by atoms with Crippen molar-refractivity contribution in [3.05, 3.63) is 82.4 Å². The highest BCUT2D eigenvalue weighted by molar-refractivity contribution is 7.84. The van der Waals surface area contributed by atoms with Crippen molar-refractivity contribution >= 4 is 52.2 Å². The van der Waals surface area contributed by atoms with Gasteiger partial charge in [-0.05, 0) is 46.7 Å². The summed E-state index contributed by atoms with van der Waals surface area (Å²) in [6.07, 6.45) is 4.79. The molecule has 5 nitrogen and oxygen atoms in total. The van der Waals surface area contributed by atoms with E-state index in [4.69, 9.17) is 17.0 Å². The number of nitrogens with zero attached hydrogens (tertiary/aromatic N) is 2. The molecule has 1 amide bonds. The van der Waals surface area contributed by atoms with E-state index in [0.717, 1.165) is 16.3 Å². The van der Waals surface area contributed by atoms with Crippen molar-refractivity contribution < 1.29 is 9.90 Å². The summed E-state index contributed by atoms with van der Waals surface area (Å²) in [4.78, 5) is 15.6. The van der Waals surface area contributed by atoms with Crippen LogP contribution in [-0.4, -0.2) is 52.7 Å². The Bertz CT molecular complexity index is 1190. The highest BCUT2D eigenvalue weighted by Gasteiger charge is 2.24. The number of phenols is 1. The minimum Gasteiger partial charge on any atom is -0.508 e. The van der Waals surface area contributed by atoms with E-state index in [0.29, 0.717) is 53.1 Å². The normalized spacial score (nSPS) is 18.6. The van der Waals surface area contributed by atoms with E-state index in [1.807, 2.05) is 29.2 Å². The first kappa shape index (κ1) is 21.3. The van der Waals surface area contributed by atoms with Crippen molar-refractivity contribution in [3.8, 4) is 5.75 Å². The molecule has 0 radical (unpaired) electrons. The number of hydrogen-bond donors (Lipinski definition) is 3. The third kappa shape index (κ3) is 4.13. The number of rotatable bonds is 3. The van der Waals surface area contributed by atoms with E-state index in [9.17, 15) is 9.90 Å². The second-order valence-electron chi connectivity index (χ2n) is 7.43. The third-order valence-electron chi connectivity index (χ3n) is 5.55. The number of amides is 1. The van der Waals surface area contributed by atoms with Crippen LogP contribution in [0.15, 0.2) is 76.8 Å². The first-order valence-electron chi connectivity index (χ1n) is 9.89. The van der Waals surface area contributed by atoms with Crippen molar-refractivity contribution in [1.29, 1.82) is 5.41 Å². The molecule has 2 aliphatic rings. The Morgan fingerprint density at radius 1 is 1.13 bits per heavy atom. The molecule has 1 saturated heterocycles. The van der Waals surface area contributed by atoms with Crippen LogP contribution in [-0.2, 0) is 4.79 Å². The Morgan fingerprint density at radius 3 is 2.52 bits per heavy atom. The molecule has 2 aromatic rings. The van der Waals surface area contributed by atoms with Gasteiger partial charge in [-0.15, -0.1) is 12.6 Å². The number of carbonyl (C=O) groups is 1. The number of piperazine rings is 1. The van der Waals surface area contributed by atoms with Gasteiger partial charge >= 0.3 is 0 Å². The zero-order chi connectivity index (χ0) is 22.1. The van der Waals surface area contributed by atoms with Gasteiger partial charge in [0.25, 0.3) is 0 Å². The Kier molecular flexibility index (Phi) is 5.94. The third-order valence-corrected chi connectivity index (χ3v) is 6.39. The predicted octanol–water partition coefficient (Wildman–Crippen LogP) is 4.56. The minimum absolute atomic E-state index is 0.0766. The summed E-state index contributed by atoms with van der Waals surface area (Å²) >= 11 is 11.3. The fourth-order valence-corrected chi connectivity index (χ4v) is 4.57. The van der Waals surface area contributed by atoms with Gasteiger partial charge in [0.05, 0.1) is 10.7 Å². The van der Waals surface area contributed by atoms with Gasteiger partial charge in [0.2, 0.25) is 5.91 Å². The van der Waals surface area contributed by atoms with Crippen LogP contribution in [0.5, 0.6) is 5.75 Å². The molecule has 1 fully saturated rings.